The summed E-state index contributed by atoms with van der Waals surface area (Å²) in [5, 5.41) is 10.8. The Hall–Kier alpha value is -1.77. The van der Waals surface area contributed by atoms with E-state index in [4.69, 9.17) is 4.74 Å². The second-order valence-corrected chi connectivity index (χ2v) is 5.51. The van der Waals surface area contributed by atoms with Gasteiger partial charge in [0.25, 0.3) is 0 Å². The van der Waals surface area contributed by atoms with E-state index in [2.05, 4.69) is 45.8 Å². The molecule has 0 spiro atoms. The minimum atomic E-state index is 0. The van der Waals surface area contributed by atoms with E-state index in [1.807, 2.05) is 23.9 Å². The molecule has 0 bridgehead atoms. The summed E-state index contributed by atoms with van der Waals surface area (Å²) >= 11 is 0. The molecule has 2 N–H and O–H groups in total. The number of ether oxygens (including phenoxy) is 1. The molecular formula is C18H28IN5O. The standard InChI is InChI=1S/C18H27N5O.HI/c1-4-19-18(21-11-13-23-12-5-9-22-23)20-10-8-16-7-6-15(2)17(14-16)24-3;/h5-7,9,12,14H,4,8,10-11,13H2,1-3H3,(H2,19,20,21);1H. The number of hydrogen-bond acceptors (Lipinski definition) is 3. The number of nitrogens with zero attached hydrogens (tertiary/aromatic N) is 3. The summed E-state index contributed by atoms with van der Waals surface area (Å²) in [5.74, 6) is 1.77. The summed E-state index contributed by atoms with van der Waals surface area (Å²) in [5.41, 5.74) is 2.38. The van der Waals surface area contributed by atoms with Gasteiger partial charge in [-0.15, -0.1) is 24.0 Å². The van der Waals surface area contributed by atoms with Crippen LogP contribution in [0.2, 0.25) is 0 Å². The van der Waals surface area contributed by atoms with Crippen molar-refractivity contribution >= 4 is 29.9 Å². The van der Waals surface area contributed by atoms with Gasteiger partial charge < -0.3 is 15.4 Å². The molecule has 138 valence electrons. The van der Waals surface area contributed by atoms with Crippen LogP contribution in [0, 0.1) is 6.92 Å². The van der Waals surface area contributed by atoms with Crippen molar-refractivity contribution in [2.24, 2.45) is 4.99 Å². The largest absolute Gasteiger partial charge is 0.496 e. The van der Waals surface area contributed by atoms with Crippen LogP contribution in [0.4, 0.5) is 0 Å². The van der Waals surface area contributed by atoms with E-state index in [0.29, 0.717) is 0 Å². The number of aliphatic imine (C=N–C) groups is 1. The molecule has 0 saturated carbocycles. The van der Waals surface area contributed by atoms with Crippen molar-refractivity contribution in [2.45, 2.75) is 26.8 Å². The zero-order valence-corrected chi connectivity index (χ0v) is 17.5. The van der Waals surface area contributed by atoms with Crippen LogP contribution in [0.15, 0.2) is 41.7 Å². The Morgan fingerprint density at radius 1 is 1.32 bits per heavy atom. The molecule has 2 rings (SSSR count). The fraction of sp³-hybridized carbons (Fsp3) is 0.444. The van der Waals surface area contributed by atoms with E-state index in [-0.39, 0.29) is 24.0 Å². The average molecular weight is 457 g/mol. The molecule has 0 unspecified atom stereocenters. The highest BCUT2D eigenvalue weighted by molar-refractivity contribution is 14.0. The summed E-state index contributed by atoms with van der Waals surface area (Å²) in [6.45, 7) is 7.27. The van der Waals surface area contributed by atoms with Crippen molar-refractivity contribution in [3.05, 3.63) is 47.8 Å². The Labute approximate surface area is 167 Å². The second-order valence-electron chi connectivity index (χ2n) is 5.51. The first kappa shape index (κ1) is 21.3. The number of aromatic nitrogens is 2. The summed E-state index contributed by atoms with van der Waals surface area (Å²) in [6, 6.07) is 8.23. The average Bonchev–Trinajstić information content (AvgIpc) is 3.09. The number of halogens is 1. The maximum Gasteiger partial charge on any atom is 0.191 e. The molecule has 1 aromatic carbocycles. The van der Waals surface area contributed by atoms with Gasteiger partial charge in [-0.25, -0.2) is 0 Å². The molecule has 1 aromatic heterocycles. The lowest BCUT2D eigenvalue weighted by Crippen LogP contribution is -2.39. The Bertz CT molecular complexity index is 643. The molecule has 0 radical (unpaired) electrons. The highest BCUT2D eigenvalue weighted by Gasteiger charge is 2.01. The quantitative estimate of drug-likeness (QED) is 0.364. The summed E-state index contributed by atoms with van der Waals surface area (Å²) in [4.78, 5) is 4.63. The van der Waals surface area contributed by atoms with Crippen molar-refractivity contribution in [2.75, 3.05) is 26.7 Å². The first-order chi connectivity index (χ1) is 11.7. The van der Waals surface area contributed by atoms with Crippen LogP contribution < -0.4 is 15.4 Å². The van der Waals surface area contributed by atoms with E-state index in [0.717, 1.165) is 49.9 Å². The summed E-state index contributed by atoms with van der Waals surface area (Å²) in [6.07, 6.45) is 4.62. The van der Waals surface area contributed by atoms with Crippen LogP contribution >= 0.6 is 24.0 Å². The van der Waals surface area contributed by atoms with Gasteiger partial charge >= 0.3 is 0 Å². The Morgan fingerprint density at radius 2 is 2.16 bits per heavy atom. The molecule has 0 aliphatic carbocycles. The van der Waals surface area contributed by atoms with Crippen molar-refractivity contribution < 1.29 is 4.74 Å². The van der Waals surface area contributed by atoms with Crippen molar-refractivity contribution in [3.63, 3.8) is 0 Å². The number of guanidine groups is 1. The molecule has 6 nitrogen and oxygen atoms in total. The lowest BCUT2D eigenvalue weighted by atomic mass is 10.1. The van der Waals surface area contributed by atoms with Gasteiger partial charge in [0, 0.05) is 32.0 Å². The van der Waals surface area contributed by atoms with Crippen molar-refractivity contribution in [1.82, 2.24) is 20.4 Å². The van der Waals surface area contributed by atoms with E-state index in [1.54, 1.807) is 13.3 Å². The van der Waals surface area contributed by atoms with Gasteiger partial charge in [-0.05, 0) is 43.5 Å². The zero-order valence-electron chi connectivity index (χ0n) is 15.2. The van der Waals surface area contributed by atoms with Gasteiger partial charge in [0.1, 0.15) is 5.75 Å². The molecular weight excluding hydrogens is 429 g/mol. The lowest BCUT2D eigenvalue weighted by Gasteiger charge is -2.11. The fourth-order valence-corrected chi connectivity index (χ4v) is 2.38. The van der Waals surface area contributed by atoms with Crippen LogP contribution in [0.1, 0.15) is 18.1 Å². The maximum atomic E-state index is 5.37. The molecule has 2 aromatic rings. The normalized spacial score (nSPS) is 10.9. The van der Waals surface area contributed by atoms with Gasteiger partial charge in [0.05, 0.1) is 13.7 Å². The highest BCUT2D eigenvalue weighted by Crippen LogP contribution is 2.19. The zero-order chi connectivity index (χ0) is 17.2. The van der Waals surface area contributed by atoms with E-state index >= 15 is 0 Å². The molecule has 0 aliphatic heterocycles. The SMILES string of the molecule is CCNC(=NCCc1ccc(C)c(OC)c1)NCCn1cccn1.I. The molecule has 0 saturated heterocycles. The Kier molecular flexibility index (Phi) is 9.98. The molecule has 0 atom stereocenters. The summed E-state index contributed by atoms with van der Waals surface area (Å²) < 4.78 is 7.27. The monoisotopic (exact) mass is 457 g/mol. The fourth-order valence-electron chi connectivity index (χ4n) is 2.38. The van der Waals surface area contributed by atoms with Crippen LogP contribution in [0.3, 0.4) is 0 Å². The molecule has 0 aliphatic rings. The van der Waals surface area contributed by atoms with Crippen LogP contribution in [-0.4, -0.2) is 42.5 Å². The number of aryl methyl sites for hydroxylation is 1. The van der Waals surface area contributed by atoms with Gasteiger partial charge in [-0.1, -0.05) is 12.1 Å². The minimum Gasteiger partial charge on any atom is -0.496 e. The van der Waals surface area contributed by atoms with Gasteiger partial charge in [-0.2, -0.15) is 5.10 Å². The van der Waals surface area contributed by atoms with Crippen LogP contribution in [0.25, 0.3) is 0 Å². The number of hydrogen-bond donors (Lipinski definition) is 2. The van der Waals surface area contributed by atoms with Crippen LogP contribution in [-0.2, 0) is 13.0 Å². The van der Waals surface area contributed by atoms with E-state index in [9.17, 15) is 0 Å². The smallest absolute Gasteiger partial charge is 0.191 e. The molecule has 0 amide bonds. The Balaban J connectivity index is 0.00000312. The Morgan fingerprint density at radius 3 is 2.84 bits per heavy atom. The van der Waals surface area contributed by atoms with E-state index < -0.39 is 0 Å². The molecule has 7 heteroatoms. The first-order valence-corrected chi connectivity index (χ1v) is 8.36. The van der Waals surface area contributed by atoms with Crippen molar-refractivity contribution in [1.29, 1.82) is 0 Å². The maximum absolute atomic E-state index is 5.37. The predicted molar refractivity (Wildman–Crippen MR) is 113 cm³/mol. The number of methoxy groups -OCH3 is 1. The van der Waals surface area contributed by atoms with Gasteiger partial charge in [0.15, 0.2) is 5.96 Å². The number of rotatable bonds is 8. The van der Waals surface area contributed by atoms with Crippen molar-refractivity contribution in [3.8, 4) is 5.75 Å². The molecule has 25 heavy (non-hydrogen) atoms. The number of nitrogens with one attached hydrogen (secondary N) is 2. The minimum absolute atomic E-state index is 0. The summed E-state index contributed by atoms with van der Waals surface area (Å²) in [7, 11) is 1.71. The third-order valence-corrected chi connectivity index (χ3v) is 3.68. The lowest BCUT2D eigenvalue weighted by molar-refractivity contribution is 0.411. The highest BCUT2D eigenvalue weighted by atomic mass is 127. The van der Waals surface area contributed by atoms with E-state index in [1.165, 1.54) is 5.56 Å². The third-order valence-electron chi connectivity index (χ3n) is 3.68. The van der Waals surface area contributed by atoms with Gasteiger partial charge in [-0.3, -0.25) is 9.67 Å². The molecule has 1 heterocycles. The first-order valence-electron chi connectivity index (χ1n) is 8.36. The predicted octanol–water partition coefficient (Wildman–Crippen LogP) is 2.62. The number of benzene rings is 1. The molecule has 0 fully saturated rings. The third kappa shape index (κ3) is 7.33. The van der Waals surface area contributed by atoms with Gasteiger partial charge in [0.2, 0.25) is 0 Å². The van der Waals surface area contributed by atoms with Crippen LogP contribution in [0.5, 0.6) is 5.75 Å². The topological polar surface area (TPSA) is 63.5 Å². The second kappa shape index (κ2) is 11.7.